The molecule has 3 heterocycles. The molecule has 4 rings (SSSR count). The van der Waals surface area contributed by atoms with Crippen LogP contribution in [0.3, 0.4) is 0 Å². The normalized spacial score (nSPS) is 11.0. The standard InChI is InChI=1S/C17H16N6S/c18-16-11-14(19-6-4-17-20-7-9-24-17)13-3-2-12(10-15(13)22-16)23-8-1-5-21-23/h1-3,5,7-11H,4,6H2,(H3,18,19,22). The van der Waals surface area contributed by atoms with Gasteiger partial charge in [-0.05, 0) is 24.3 Å². The van der Waals surface area contributed by atoms with E-state index in [1.165, 1.54) is 0 Å². The van der Waals surface area contributed by atoms with Crippen molar-refractivity contribution in [2.45, 2.75) is 6.42 Å². The van der Waals surface area contributed by atoms with Crippen molar-refractivity contribution >= 4 is 33.7 Å². The number of pyridine rings is 1. The Morgan fingerprint density at radius 1 is 1.21 bits per heavy atom. The number of anilines is 2. The van der Waals surface area contributed by atoms with Crippen molar-refractivity contribution in [2.24, 2.45) is 0 Å². The lowest BCUT2D eigenvalue weighted by molar-refractivity contribution is 0.882. The molecule has 0 aliphatic rings. The molecule has 24 heavy (non-hydrogen) atoms. The van der Waals surface area contributed by atoms with Crippen molar-refractivity contribution in [2.75, 3.05) is 17.6 Å². The van der Waals surface area contributed by atoms with Crippen LogP contribution in [0, 0.1) is 0 Å². The van der Waals surface area contributed by atoms with Crippen LogP contribution in [0.5, 0.6) is 0 Å². The van der Waals surface area contributed by atoms with Gasteiger partial charge in [-0.25, -0.2) is 14.6 Å². The van der Waals surface area contributed by atoms with Crippen LogP contribution >= 0.6 is 11.3 Å². The lowest BCUT2D eigenvalue weighted by Crippen LogP contribution is -2.06. The summed E-state index contributed by atoms with van der Waals surface area (Å²) < 4.78 is 1.81. The summed E-state index contributed by atoms with van der Waals surface area (Å²) in [6, 6.07) is 9.83. The second kappa shape index (κ2) is 6.29. The van der Waals surface area contributed by atoms with Gasteiger partial charge in [-0.3, -0.25) is 0 Å². The second-order valence-electron chi connectivity index (χ2n) is 5.35. The second-order valence-corrected chi connectivity index (χ2v) is 6.33. The Labute approximate surface area is 143 Å². The molecule has 7 heteroatoms. The van der Waals surface area contributed by atoms with Crippen LogP contribution in [0.2, 0.25) is 0 Å². The largest absolute Gasteiger partial charge is 0.384 e. The number of nitrogens with two attached hydrogens (primary N) is 1. The van der Waals surface area contributed by atoms with E-state index in [1.54, 1.807) is 22.2 Å². The number of aromatic nitrogens is 4. The highest BCUT2D eigenvalue weighted by Gasteiger charge is 2.07. The van der Waals surface area contributed by atoms with Gasteiger partial charge in [0.2, 0.25) is 0 Å². The van der Waals surface area contributed by atoms with E-state index in [2.05, 4.69) is 20.4 Å². The molecule has 0 atom stereocenters. The highest BCUT2D eigenvalue weighted by Crippen LogP contribution is 2.26. The minimum absolute atomic E-state index is 0.497. The van der Waals surface area contributed by atoms with Crippen LogP contribution in [0.1, 0.15) is 5.01 Å². The number of nitrogens with zero attached hydrogens (tertiary/aromatic N) is 4. The van der Waals surface area contributed by atoms with E-state index in [1.807, 2.05) is 48.1 Å². The molecule has 0 amide bonds. The molecule has 0 bridgehead atoms. The van der Waals surface area contributed by atoms with Gasteiger partial charge in [0.15, 0.2) is 0 Å². The van der Waals surface area contributed by atoms with E-state index in [4.69, 9.17) is 5.73 Å². The van der Waals surface area contributed by atoms with Gasteiger partial charge in [0.25, 0.3) is 0 Å². The van der Waals surface area contributed by atoms with Crippen molar-refractivity contribution < 1.29 is 0 Å². The average molecular weight is 336 g/mol. The Kier molecular flexibility index (Phi) is 3.84. The smallest absolute Gasteiger partial charge is 0.126 e. The molecular formula is C17H16N6S. The van der Waals surface area contributed by atoms with Gasteiger partial charge in [-0.2, -0.15) is 5.10 Å². The molecule has 1 aromatic carbocycles. The Bertz CT molecular complexity index is 947. The third-order valence-corrected chi connectivity index (χ3v) is 4.56. The van der Waals surface area contributed by atoms with Gasteiger partial charge in [-0.1, -0.05) is 0 Å². The minimum Gasteiger partial charge on any atom is -0.384 e. The Hall–Kier alpha value is -2.93. The molecule has 6 nitrogen and oxygen atoms in total. The number of hydrogen-bond acceptors (Lipinski definition) is 6. The van der Waals surface area contributed by atoms with Crippen LogP contribution in [-0.2, 0) is 6.42 Å². The maximum absolute atomic E-state index is 5.98. The predicted molar refractivity (Wildman–Crippen MR) is 97.6 cm³/mol. The fraction of sp³-hybridized carbons (Fsp3) is 0.118. The number of fused-ring (bicyclic) bond motifs is 1. The summed E-state index contributed by atoms with van der Waals surface area (Å²) in [5.74, 6) is 0.497. The number of benzene rings is 1. The lowest BCUT2D eigenvalue weighted by Gasteiger charge is -2.11. The summed E-state index contributed by atoms with van der Waals surface area (Å²) in [5, 5.41) is 11.9. The molecule has 0 aliphatic carbocycles. The zero-order valence-corrected chi connectivity index (χ0v) is 13.7. The van der Waals surface area contributed by atoms with E-state index in [0.29, 0.717) is 5.82 Å². The Morgan fingerprint density at radius 2 is 2.17 bits per heavy atom. The molecular weight excluding hydrogens is 320 g/mol. The van der Waals surface area contributed by atoms with E-state index in [9.17, 15) is 0 Å². The van der Waals surface area contributed by atoms with Gasteiger partial charge >= 0.3 is 0 Å². The zero-order chi connectivity index (χ0) is 16.4. The average Bonchev–Trinajstić information content (AvgIpc) is 3.28. The third-order valence-electron chi connectivity index (χ3n) is 3.72. The number of nitrogen functional groups attached to an aromatic ring is 1. The monoisotopic (exact) mass is 336 g/mol. The van der Waals surface area contributed by atoms with Crippen LogP contribution in [0.4, 0.5) is 11.5 Å². The molecule has 3 aromatic heterocycles. The van der Waals surface area contributed by atoms with Crippen LogP contribution in [-0.4, -0.2) is 26.3 Å². The molecule has 0 fully saturated rings. The maximum atomic E-state index is 5.98. The summed E-state index contributed by atoms with van der Waals surface area (Å²) in [4.78, 5) is 8.75. The van der Waals surface area contributed by atoms with Crippen LogP contribution in [0.25, 0.3) is 16.6 Å². The summed E-state index contributed by atoms with van der Waals surface area (Å²) in [6.07, 6.45) is 6.37. The van der Waals surface area contributed by atoms with Crippen LogP contribution < -0.4 is 11.1 Å². The fourth-order valence-corrected chi connectivity index (χ4v) is 3.25. The zero-order valence-electron chi connectivity index (χ0n) is 12.9. The summed E-state index contributed by atoms with van der Waals surface area (Å²) in [6.45, 7) is 0.799. The number of rotatable bonds is 5. The van der Waals surface area contributed by atoms with Crippen LogP contribution in [0.15, 0.2) is 54.3 Å². The molecule has 120 valence electrons. The highest BCUT2D eigenvalue weighted by atomic mass is 32.1. The molecule has 0 spiro atoms. The third kappa shape index (κ3) is 2.93. The molecule has 3 N–H and O–H groups in total. The predicted octanol–water partition coefficient (Wildman–Crippen LogP) is 3.11. The Morgan fingerprint density at radius 3 is 2.96 bits per heavy atom. The lowest BCUT2D eigenvalue weighted by atomic mass is 10.1. The van der Waals surface area contributed by atoms with Crippen molar-refractivity contribution in [1.82, 2.24) is 19.7 Å². The first kappa shape index (κ1) is 14.6. The van der Waals surface area contributed by atoms with Gasteiger partial charge in [0, 0.05) is 54.1 Å². The maximum Gasteiger partial charge on any atom is 0.126 e. The first-order valence-electron chi connectivity index (χ1n) is 7.62. The topological polar surface area (TPSA) is 81.6 Å². The molecule has 0 radical (unpaired) electrons. The van der Waals surface area contributed by atoms with Crippen molar-refractivity contribution in [3.05, 3.63) is 59.3 Å². The van der Waals surface area contributed by atoms with E-state index < -0.39 is 0 Å². The highest BCUT2D eigenvalue weighted by molar-refractivity contribution is 7.09. The van der Waals surface area contributed by atoms with E-state index in [-0.39, 0.29) is 0 Å². The van der Waals surface area contributed by atoms with Gasteiger partial charge < -0.3 is 11.1 Å². The van der Waals surface area contributed by atoms with Gasteiger partial charge in [-0.15, -0.1) is 11.3 Å². The summed E-state index contributed by atoms with van der Waals surface area (Å²) >= 11 is 1.67. The Balaban J connectivity index is 1.62. The first-order chi connectivity index (χ1) is 11.8. The van der Waals surface area contributed by atoms with Gasteiger partial charge in [0.1, 0.15) is 5.82 Å². The summed E-state index contributed by atoms with van der Waals surface area (Å²) in [7, 11) is 0. The molecule has 0 saturated heterocycles. The van der Waals surface area contributed by atoms with E-state index in [0.717, 1.165) is 40.3 Å². The molecule has 0 saturated carbocycles. The van der Waals surface area contributed by atoms with Crippen molar-refractivity contribution in [3.8, 4) is 5.69 Å². The van der Waals surface area contributed by atoms with E-state index >= 15 is 0 Å². The molecule has 0 unspecified atom stereocenters. The molecule has 0 aliphatic heterocycles. The number of thiazole rings is 1. The van der Waals surface area contributed by atoms with Crippen molar-refractivity contribution in [3.63, 3.8) is 0 Å². The fourth-order valence-electron chi connectivity index (χ4n) is 2.63. The SMILES string of the molecule is Nc1cc(NCCc2nccs2)c2ccc(-n3cccn3)cc2n1. The first-order valence-corrected chi connectivity index (χ1v) is 8.50. The number of nitrogens with one attached hydrogen (secondary N) is 1. The number of hydrogen-bond donors (Lipinski definition) is 2. The van der Waals surface area contributed by atoms with Gasteiger partial charge in [0.05, 0.1) is 16.2 Å². The van der Waals surface area contributed by atoms with Crippen molar-refractivity contribution in [1.29, 1.82) is 0 Å². The summed E-state index contributed by atoms with van der Waals surface area (Å²) in [5.41, 5.74) is 8.77. The quantitative estimate of drug-likeness (QED) is 0.585. The minimum atomic E-state index is 0.497. The molecule has 4 aromatic rings.